The molecule has 1 aliphatic heterocycles. The normalized spacial score (nSPS) is 16.6. The third-order valence-electron chi connectivity index (χ3n) is 4.76. The monoisotopic (exact) mass is 412 g/mol. The van der Waals surface area contributed by atoms with Crippen LogP contribution in [0, 0.1) is 11.3 Å². The number of hydrogen-bond acceptors (Lipinski definition) is 7. The molecular weight excluding hydrogens is 396 g/mol. The van der Waals surface area contributed by atoms with E-state index in [1.807, 2.05) is 18.2 Å². The molecule has 0 aliphatic carbocycles. The van der Waals surface area contributed by atoms with Gasteiger partial charge in [-0.05, 0) is 40.9 Å². The van der Waals surface area contributed by atoms with Crippen LogP contribution in [0.3, 0.4) is 0 Å². The maximum Gasteiger partial charge on any atom is 0.228 e. The van der Waals surface area contributed by atoms with Crippen molar-refractivity contribution in [2.24, 2.45) is 5.73 Å². The van der Waals surface area contributed by atoms with Crippen LogP contribution in [-0.4, -0.2) is 43.8 Å². The van der Waals surface area contributed by atoms with Gasteiger partial charge in [-0.2, -0.15) is 15.3 Å². The summed E-state index contributed by atoms with van der Waals surface area (Å²) in [7, 11) is 0. The van der Waals surface area contributed by atoms with Gasteiger partial charge < -0.3 is 10.6 Å². The third-order valence-corrected chi connectivity index (χ3v) is 5.34. The van der Waals surface area contributed by atoms with Crippen molar-refractivity contribution < 1.29 is 0 Å². The van der Waals surface area contributed by atoms with Crippen molar-refractivity contribution in [1.29, 1.82) is 5.26 Å². The van der Waals surface area contributed by atoms with Crippen LogP contribution in [0.5, 0.6) is 0 Å². The summed E-state index contributed by atoms with van der Waals surface area (Å²) < 4.78 is 0.616. The van der Waals surface area contributed by atoms with Gasteiger partial charge in [0.15, 0.2) is 11.3 Å². The van der Waals surface area contributed by atoms with Crippen molar-refractivity contribution in [2.45, 2.75) is 24.8 Å². The molecular formula is C17H17BrN8. The molecule has 0 atom stereocenters. The number of fused-ring (bicyclic) bond motifs is 1. The Bertz CT molecular complexity index is 970. The van der Waals surface area contributed by atoms with Gasteiger partial charge in [0.25, 0.3) is 0 Å². The fourth-order valence-electron chi connectivity index (χ4n) is 3.29. The number of nitriles is 1. The topological polar surface area (TPSA) is 120 Å². The van der Waals surface area contributed by atoms with E-state index in [0.29, 0.717) is 27.3 Å². The van der Waals surface area contributed by atoms with Crippen LogP contribution >= 0.6 is 15.9 Å². The van der Waals surface area contributed by atoms with Gasteiger partial charge in [0.1, 0.15) is 10.7 Å². The Balaban J connectivity index is 1.53. The lowest BCUT2D eigenvalue weighted by Crippen LogP contribution is -2.52. The number of aromatic amines is 1. The Labute approximate surface area is 158 Å². The smallest absolute Gasteiger partial charge is 0.228 e. The molecule has 26 heavy (non-hydrogen) atoms. The maximum absolute atomic E-state index is 9.40. The molecule has 0 radical (unpaired) electrons. The molecule has 3 aromatic heterocycles. The molecule has 0 amide bonds. The average molecular weight is 413 g/mol. The second kappa shape index (κ2) is 6.63. The fourth-order valence-corrected chi connectivity index (χ4v) is 3.75. The van der Waals surface area contributed by atoms with Crippen molar-refractivity contribution in [3.63, 3.8) is 0 Å². The number of hydrogen-bond donors (Lipinski definition) is 2. The highest BCUT2D eigenvalue weighted by atomic mass is 79.9. The van der Waals surface area contributed by atoms with E-state index in [0.717, 1.165) is 38.0 Å². The van der Waals surface area contributed by atoms with Crippen LogP contribution < -0.4 is 10.6 Å². The summed E-state index contributed by atoms with van der Waals surface area (Å²) >= 11 is 3.34. The Morgan fingerprint density at radius 3 is 2.81 bits per heavy atom. The molecule has 3 N–H and O–H groups in total. The summed E-state index contributed by atoms with van der Waals surface area (Å²) in [5.41, 5.74) is 8.11. The van der Waals surface area contributed by atoms with Gasteiger partial charge in [-0.3, -0.25) is 10.1 Å². The minimum absolute atomic E-state index is 0.289. The first-order valence-electron chi connectivity index (χ1n) is 8.33. The van der Waals surface area contributed by atoms with Crippen molar-refractivity contribution in [3.8, 4) is 6.07 Å². The summed E-state index contributed by atoms with van der Waals surface area (Å²) in [5.74, 6) is 0.521. The van der Waals surface area contributed by atoms with E-state index in [-0.39, 0.29) is 5.54 Å². The number of piperidine rings is 1. The summed E-state index contributed by atoms with van der Waals surface area (Å²) in [5, 5.41) is 16.9. The number of H-pyrrole nitrogens is 1. The number of halogens is 1. The van der Waals surface area contributed by atoms with Gasteiger partial charge in [-0.15, -0.1) is 0 Å². The highest BCUT2D eigenvalue weighted by molar-refractivity contribution is 9.10. The molecule has 1 saturated heterocycles. The first-order chi connectivity index (χ1) is 12.6. The molecule has 132 valence electrons. The number of aromatic nitrogens is 5. The molecule has 1 aliphatic rings. The van der Waals surface area contributed by atoms with Crippen LogP contribution in [0.15, 0.2) is 29.0 Å². The summed E-state index contributed by atoms with van der Waals surface area (Å²) in [4.78, 5) is 15.4. The molecule has 0 bridgehead atoms. The molecule has 0 unspecified atom stereocenters. The molecule has 1 fully saturated rings. The number of rotatable bonds is 3. The molecule has 4 rings (SSSR count). The van der Waals surface area contributed by atoms with E-state index in [9.17, 15) is 5.26 Å². The van der Waals surface area contributed by atoms with Crippen LogP contribution in [0.1, 0.15) is 24.2 Å². The highest BCUT2D eigenvalue weighted by Crippen LogP contribution is 2.28. The standard InChI is InChI=1S/C17H17BrN8/c18-14-13-12(10-19)22-16(23-15(13)25-24-14)26-7-4-17(20,5-8-26)9-11-3-1-2-6-21-11/h1-3,6H,4-5,7-9,20H2,(H,22,23,24,25). The van der Waals surface area contributed by atoms with Gasteiger partial charge in [-0.25, -0.2) is 4.98 Å². The highest BCUT2D eigenvalue weighted by Gasteiger charge is 2.32. The Morgan fingerprint density at radius 1 is 1.31 bits per heavy atom. The van der Waals surface area contributed by atoms with Crippen LogP contribution in [0.4, 0.5) is 5.95 Å². The molecule has 0 spiro atoms. The molecule has 0 saturated carbocycles. The number of nitrogens with two attached hydrogens (primary N) is 1. The zero-order chi connectivity index (χ0) is 18.1. The lowest BCUT2D eigenvalue weighted by atomic mass is 9.84. The second-order valence-corrected chi connectivity index (χ2v) is 7.36. The van der Waals surface area contributed by atoms with E-state index < -0.39 is 0 Å². The minimum atomic E-state index is -0.289. The van der Waals surface area contributed by atoms with Crippen LogP contribution in [0.25, 0.3) is 11.0 Å². The van der Waals surface area contributed by atoms with E-state index in [1.165, 1.54) is 0 Å². The van der Waals surface area contributed by atoms with Gasteiger partial charge >= 0.3 is 0 Å². The molecule has 0 aromatic carbocycles. The van der Waals surface area contributed by atoms with E-state index in [1.54, 1.807) is 6.20 Å². The molecule has 4 heterocycles. The van der Waals surface area contributed by atoms with E-state index in [2.05, 4.69) is 52.0 Å². The Hall–Kier alpha value is -2.57. The average Bonchev–Trinajstić information content (AvgIpc) is 3.03. The predicted molar refractivity (Wildman–Crippen MR) is 100 cm³/mol. The third kappa shape index (κ3) is 3.13. The Kier molecular flexibility index (Phi) is 4.30. The van der Waals surface area contributed by atoms with E-state index >= 15 is 0 Å². The van der Waals surface area contributed by atoms with Crippen molar-refractivity contribution in [3.05, 3.63) is 40.4 Å². The zero-order valence-electron chi connectivity index (χ0n) is 14.0. The first kappa shape index (κ1) is 16.9. The lowest BCUT2D eigenvalue weighted by Gasteiger charge is -2.39. The number of anilines is 1. The summed E-state index contributed by atoms with van der Waals surface area (Å²) in [6.45, 7) is 1.45. The van der Waals surface area contributed by atoms with E-state index in [4.69, 9.17) is 5.73 Å². The largest absolute Gasteiger partial charge is 0.341 e. The lowest BCUT2D eigenvalue weighted by molar-refractivity contribution is 0.327. The number of nitrogens with zero attached hydrogens (tertiary/aromatic N) is 6. The van der Waals surface area contributed by atoms with Crippen molar-refractivity contribution in [1.82, 2.24) is 25.1 Å². The Morgan fingerprint density at radius 2 is 2.12 bits per heavy atom. The maximum atomic E-state index is 9.40. The van der Waals surface area contributed by atoms with Crippen molar-refractivity contribution >= 4 is 32.9 Å². The fraction of sp³-hybridized carbons (Fsp3) is 0.353. The van der Waals surface area contributed by atoms with Crippen LogP contribution in [-0.2, 0) is 6.42 Å². The summed E-state index contributed by atoms with van der Waals surface area (Å²) in [6, 6.07) is 8.02. The number of pyridine rings is 1. The zero-order valence-corrected chi connectivity index (χ0v) is 15.6. The minimum Gasteiger partial charge on any atom is -0.341 e. The van der Waals surface area contributed by atoms with Gasteiger partial charge in [-0.1, -0.05) is 6.07 Å². The molecule has 8 nitrogen and oxygen atoms in total. The first-order valence-corrected chi connectivity index (χ1v) is 9.13. The summed E-state index contributed by atoms with van der Waals surface area (Å²) in [6.07, 6.45) is 4.15. The number of nitrogens with one attached hydrogen (secondary N) is 1. The van der Waals surface area contributed by atoms with Gasteiger partial charge in [0.2, 0.25) is 5.95 Å². The van der Waals surface area contributed by atoms with Crippen molar-refractivity contribution in [2.75, 3.05) is 18.0 Å². The second-order valence-electron chi connectivity index (χ2n) is 6.57. The SMILES string of the molecule is N#Cc1nc(N2CCC(N)(Cc3ccccn3)CC2)nc2n[nH]c(Br)c12. The van der Waals surface area contributed by atoms with Gasteiger partial charge in [0.05, 0.1) is 5.39 Å². The molecule has 9 heteroatoms. The molecule has 3 aromatic rings. The predicted octanol–water partition coefficient (Wildman–Crippen LogP) is 1.92. The van der Waals surface area contributed by atoms with Gasteiger partial charge in [0, 0.05) is 36.9 Å². The quantitative estimate of drug-likeness (QED) is 0.673. The van der Waals surface area contributed by atoms with Crippen LogP contribution in [0.2, 0.25) is 0 Å².